The van der Waals surface area contributed by atoms with Crippen molar-refractivity contribution in [1.29, 1.82) is 0 Å². The van der Waals surface area contributed by atoms with Gasteiger partial charge in [-0.2, -0.15) is 0 Å². The standard InChI is InChI=1S/2C2H5NOS.Hg/c2*1-4-2(3)5;/h2*1H3,(H2,3,5);. The molecule has 7 heteroatoms. The van der Waals surface area contributed by atoms with Crippen LogP contribution < -0.4 is 11.5 Å². The molecule has 4 N–H and O–H groups in total. The number of methoxy groups -OCH3 is 2. The summed E-state index contributed by atoms with van der Waals surface area (Å²) < 4.78 is 8.52. The van der Waals surface area contributed by atoms with Crippen molar-refractivity contribution in [2.24, 2.45) is 11.5 Å². The summed E-state index contributed by atoms with van der Waals surface area (Å²) in [5.41, 5.74) is 9.60. The quantitative estimate of drug-likeness (QED) is 0.445. The third kappa shape index (κ3) is 38.3. The van der Waals surface area contributed by atoms with Crippen molar-refractivity contribution in [3.8, 4) is 0 Å². The number of ether oxygens (including phenoxy) is 2. The van der Waals surface area contributed by atoms with Crippen LogP contribution in [-0.4, -0.2) is 24.6 Å². The van der Waals surface area contributed by atoms with E-state index in [1.807, 2.05) is 0 Å². The maximum Gasteiger partial charge on any atom is 0.253 e. The molecule has 0 aliphatic heterocycles. The minimum Gasteiger partial charge on any atom is -0.475 e. The molecule has 0 amide bonds. The molecule has 0 aliphatic rings. The van der Waals surface area contributed by atoms with Gasteiger partial charge in [-0.25, -0.2) is 0 Å². The zero-order valence-corrected chi connectivity index (χ0v) is 13.6. The van der Waals surface area contributed by atoms with Crippen LogP contribution in [0.25, 0.3) is 0 Å². The van der Waals surface area contributed by atoms with E-state index in [4.69, 9.17) is 11.5 Å². The van der Waals surface area contributed by atoms with Crippen LogP contribution in [0.2, 0.25) is 0 Å². The first-order chi connectivity index (χ1) is 4.54. The van der Waals surface area contributed by atoms with Gasteiger partial charge >= 0.3 is 0 Å². The number of hydrogen-bond acceptors (Lipinski definition) is 4. The van der Waals surface area contributed by atoms with Gasteiger partial charge in [0.25, 0.3) is 10.3 Å². The molecular formula is C4H10HgN2O2S2. The topological polar surface area (TPSA) is 70.5 Å². The fraction of sp³-hybridized carbons (Fsp3) is 0.500. The molecule has 0 bridgehead atoms. The summed E-state index contributed by atoms with van der Waals surface area (Å²) in [5, 5.41) is 0.176. The summed E-state index contributed by atoms with van der Waals surface area (Å²) in [4.78, 5) is 0. The summed E-state index contributed by atoms with van der Waals surface area (Å²) in [6.45, 7) is 0. The number of nitrogens with two attached hydrogens (primary N) is 2. The van der Waals surface area contributed by atoms with Gasteiger partial charge in [0.1, 0.15) is 0 Å². The first kappa shape index (κ1) is 17.4. The molecule has 0 heterocycles. The van der Waals surface area contributed by atoms with E-state index < -0.39 is 0 Å². The molecule has 0 unspecified atom stereocenters. The SMILES string of the molecule is COC(N)=S.COC(N)=S.[Hg]. The smallest absolute Gasteiger partial charge is 0.253 e. The maximum atomic E-state index is 4.80. The Balaban J connectivity index is -0.000000107. The molecule has 0 aromatic carbocycles. The van der Waals surface area contributed by atoms with E-state index in [1.54, 1.807) is 0 Å². The molecule has 0 saturated heterocycles. The van der Waals surface area contributed by atoms with Crippen molar-refractivity contribution in [3.05, 3.63) is 0 Å². The molecule has 11 heavy (non-hydrogen) atoms. The summed E-state index contributed by atoms with van der Waals surface area (Å²) in [6.07, 6.45) is 0. The molecule has 0 radical (unpaired) electrons. The van der Waals surface area contributed by atoms with Crippen molar-refractivity contribution >= 4 is 34.8 Å². The Labute approximate surface area is 97.1 Å². The van der Waals surface area contributed by atoms with E-state index in [0.29, 0.717) is 0 Å². The average Bonchev–Trinajstić information content (AvgIpc) is 1.89. The van der Waals surface area contributed by atoms with Gasteiger partial charge in [0.15, 0.2) is 0 Å². The second-order valence-corrected chi connectivity index (χ2v) is 1.85. The average molecular weight is 383 g/mol. The molecule has 4 nitrogen and oxygen atoms in total. The van der Waals surface area contributed by atoms with Crippen LogP contribution in [0.4, 0.5) is 0 Å². The monoisotopic (exact) mass is 384 g/mol. The maximum absolute atomic E-state index is 4.80. The van der Waals surface area contributed by atoms with Crippen molar-refractivity contribution in [2.75, 3.05) is 14.2 Å². The third-order valence-electron chi connectivity index (χ3n) is 0.402. The molecule has 0 rings (SSSR count). The fourth-order valence-corrected chi connectivity index (χ4v) is 0. The molecule has 0 aromatic heterocycles. The number of rotatable bonds is 0. The van der Waals surface area contributed by atoms with E-state index in [9.17, 15) is 0 Å². The van der Waals surface area contributed by atoms with E-state index in [-0.39, 0.29) is 38.0 Å². The minimum absolute atomic E-state index is 0. The summed E-state index contributed by atoms with van der Waals surface area (Å²) in [5.74, 6) is 0. The molecule has 0 fully saturated rings. The largest absolute Gasteiger partial charge is 0.475 e. The van der Waals surface area contributed by atoms with Crippen LogP contribution in [0.5, 0.6) is 0 Å². The summed E-state index contributed by atoms with van der Waals surface area (Å²) in [7, 11) is 2.87. The van der Waals surface area contributed by atoms with Crippen LogP contribution in [-0.2, 0) is 37.1 Å². The van der Waals surface area contributed by atoms with Gasteiger partial charge in [-0.3, -0.25) is 0 Å². The van der Waals surface area contributed by atoms with E-state index in [2.05, 4.69) is 33.9 Å². The van der Waals surface area contributed by atoms with Crippen molar-refractivity contribution < 1.29 is 37.1 Å². The zero-order valence-electron chi connectivity index (χ0n) is 6.49. The van der Waals surface area contributed by atoms with Gasteiger partial charge in [-0.1, -0.05) is 0 Å². The molecule has 0 atom stereocenters. The predicted molar refractivity (Wildman–Crippen MR) is 47.6 cm³/mol. The van der Waals surface area contributed by atoms with Gasteiger partial charge in [-0.05, 0) is 24.4 Å². The normalized spacial score (nSPS) is 6.00. The Bertz CT molecular complexity index is 109. The van der Waals surface area contributed by atoms with Crippen molar-refractivity contribution in [1.82, 2.24) is 0 Å². The molecule has 0 saturated carbocycles. The van der Waals surface area contributed by atoms with E-state index in [0.717, 1.165) is 0 Å². The Hall–Kier alpha value is 0.315. The van der Waals surface area contributed by atoms with Gasteiger partial charge in [-0.15, -0.1) is 0 Å². The first-order valence-corrected chi connectivity index (χ1v) is 3.03. The summed E-state index contributed by atoms with van der Waals surface area (Å²) in [6, 6.07) is 0. The molecule has 0 aliphatic carbocycles. The Kier molecular flexibility index (Phi) is 20.5. The third-order valence-corrected chi connectivity index (χ3v) is 0.736. The van der Waals surface area contributed by atoms with Crippen molar-refractivity contribution in [3.63, 3.8) is 0 Å². The first-order valence-electron chi connectivity index (χ1n) is 2.21. The molecule has 62 valence electrons. The Morgan fingerprint density at radius 2 is 1.09 bits per heavy atom. The van der Waals surface area contributed by atoms with Gasteiger partial charge in [0, 0.05) is 27.7 Å². The van der Waals surface area contributed by atoms with Gasteiger partial charge < -0.3 is 20.9 Å². The van der Waals surface area contributed by atoms with E-state index in [1.165, 1.54) is 14.2 Å². The Morgan fingerprint density at radius 3 is 1.09 bits per heavy atom. The van der Waals surface area contributed by atoms with Crippen LogP contribution in [0.1, 0.15) is 0 Å². The second kappa shape index (κ2) is 12.9. The van der Waals surface area contributed by atoms with Crippen molar-refractivity contribution in [2.45, 2.75) is 0 Å². The van der Waals surface area contributed by atoms with Crippen LogP contribution >= 0.6 is 24.4 Å². The van der Waals surface area contributed by atoms with E-state index >= 15 is 0 Å². The predicted octanol–water partition coefficient (Wildman–Crippen LogP) is -0.250. The molecular weight excluding hydrogens is 373 g/mol. The van der Waals surface area contributed by atoms with Gasteiger partial charge in [0.2, 0.25) is 0 Å². The Morgan fingerprint density at radius 1 is 1.00 bits per heavy atom. The number of hydrogen-bond donors (Lipinski definition) is 2. The second-order valence-electron chi connectivity index (χ2n) is 1.05. The van der Waals surface area contributed by atoms with Gasteiger partial charge in [0.05, 0.1) is 14.2 Å². The number of thiocarbonyl (C=S) groups is 2. The molecule has 0 aromatic rings. The fourth-order valence-electron chi connectivity index (χ4n) is 0. The van der Waals surface area contributed by atoms with Crippen LogP contribution in [0.15, 0.2) is 0 Å². The summed E-state index contributed by atoms with van der Waals surface area (Å²) >= 11 is 8.50. The van der Waals surface area contributed by atoms with Crippen LogP contribution in [0.3, 0.4) is 0 Å². The minimum atomic E-state index is 0. The van der Waals surface area contributed by atoms with Crippen LogP contribution in [0, 0.1) is 0 Å². The molecule has 0 spiro atoms. The zero-order chi connectivity index (χ0) is 8.57.